The van der Waals surface area contributed by atoms with Crippen LogP contribution in [-0.4, -0.2) is 37.3 Å². The van der Waals surface area contributed by atoms with E-state index in [0.29, 0.717) is 35.2 Å². The lowest BCUT2D eigenvalue weighted by Gasteiger charge is -2.33. The van der Waals surface area contributed by atoms with Gasteiger partial charge in [-0.05, 0) is 25.0 Å². The van der Waals surface area contributed by atoms with Crippen molar-refractivity contribution in [2.75, 3.05) is 6.54 Å². The number of para-hydroxylation sites is 1. The molecule has 0 unspecified atom stereocenters. The highest BCUT2D eigenvalue weighted by Crippen LogP contribution is 2.43. The van der Waals surface area contributed by atoms with Gasteiger partial charge in [0.25, 0.3) is 5.91 Å². The van der Waals surface area contributed by atoms with E-state index >= 15 is 0 Å². The van der Waals surface area contributed by atoms with Gasteiger partial charge in [0.05, 0.1) is 22.4 Å². The van der Waals surface area contributed by atoms with E-state index in [4.69, 9.17) is 4.42 Å². The van der Waals surface area contributed by atoms with Crippen LogP contribution in [0.15, 0.2) is 35.3 Å². The molecule has 1 saturated carbocycles. The number of aromatic nitrogens is 4. The smallest absolute Gasteiger partial charge is 0.292 e. The van der Waals surface area contributed by atoms with Gasteiger partial charge in [0.1, 0.15) is 22.4 Å². The molecule has 1 N–H and O–H groups in total. The zero-order chi connectivity index (χ0) is 19.5. The van der Waals surface area contributed by atoms with Crippen molar-refractivity contribution in [1.29, 1.82) is 0 Å². The van der Waals surface area contributed by atoms with E-state index in [2.05, 4.69) is 19.9 Å². The molecule has 4 aromatic rings. The van der Waals surface area contributed by atoms with Gasteiger partial charge in [0.15, 0.2) is 6.39 Å². The summed E-state index contributed by atoms with van der Waals surface area (Å²) in [6.45, 7) is 0.488. The molecular weight excluding hydrogens is 393 g/mol. The summed E-state index contributed by atoms with van der Waals surface area (Å²) >= 11 is 1.38. The minimum atomic E-state index is -0.494. The Kier molecular flexibility index (Phi) is 3.61. The molecule has 0 bridgehead atoms. The summed E-state index contributed by atoms with van der Waals surface area (Å²) in [6, 6.07) is 4.40. The monoisotopic (exact) mass is 409 g/mol. The average Bonchev–Trinajstić information content (AvgIpc) is 3.13. The molecule has 1 amide bonds. The first-order valence-corrected chi connectivity index (χ1v) is 10.3. The van der Waals surface area contributed by atoms with Crippen LogP contribution >= 0.6 is 11.3 Å². The molecule has 6 rings (SSSR count). The highest BCUT2D eigenvalue weighted by molar-refractivity contribution is 7.18. The molecule has 1 aliphatic heterocycles. The Hall–Kier alpha value is -3.07. The van der Waals surface area contributed by atoms with Crippen molar-refractivity contribution in [3.63, 3.8) is 0 Å². The number of rotatable bonds is 3. The first kappa shape index (κ1) is 16.8. The lowest BCUT2D eigenvalue weighted by molar-refractivity contribution is 0.0656. The van der Waals surface area contributed by atoms with E-state index in [1.807, 2.05) is 6.07 Å². The minimum absolute atomic E-state index is 0.220. The molecule has 1 aliphatic carbocycles. The van der Waals surface area contributed by atoms with Crippen molar-refractivity contribution in [3.8, 4) is 0 Å². The van der Waals surface area contributed by atoms with Crippen LogP contribution in [0.25, 0.3) is 10.2 Å². The number of aromatic amines is 1. The Morgan fingerprint density at radius 2 is 2.17 bits per heavy atom. The fourth-order valence-corrected chi connectivity index (χ4v) is 5.09. The van der Waals surface area contributed by atoms with E-state index in [1.54, 1.807) is 17.3 Å². The molecule has 2 aliphatic rings. The highest BCUT2D eigenvalue weighted by atomic mass is 32.1. The average molecular weight is 409 g/mol. The molecule has 0 saturated heterocycles. The highest BCUT2D eigenvalue weighted by Gasteiger charge is 2.40. The van der Waals surface area contributed by atoms with Gasteiger partial charge in [-0.1, -0.05) is 6.07 Å². The van der Waals surface area contributed by atoms with Crippen molar-refractivity contribution in [3.05, 3.63) is 64.6 Å². The summed E-state index contributed by atoms with van der Waals surface area (Å²) in [5.74, 6) is 0.00665. The van der Waals surface area contributed by atoms with Crippen molar-refractivity contribution in [2.24, 2.45) is 0 Å². The van der Waals surface area contributed by atoms with Gasteiger partial charge in [-0.25, -0.2) is 19.3 Å². The van der Waals surface area contributed by atoms with Gasteiger partial charge in [-0.3, -0.25) is 4.79 Å². The molecule has 4 heterocycles. The zero-order valence-corrected chi connectivity index (χ0v) is 16.1. The number of carbonyl (C=O) groups excluding carboxylic acids is 1. The predicted molar refractivity (Wildman–Crippen MR) is 103 cm³/mol. The Balaban J connectivity index is 1.47. The van der Waals surface area contributed by atoms with E-state index in [1.165, 1.54) is 23.8 Å². The number of benzene rings is 1. The third-order valence-corrected chi connectivity index (χ3v) is 6.63. The number of H-pyrrole nitrogens is 1. The SMILES string of the molecule is O=C(c1ocnc1C1CC1)N1CCc2[nH]cnc2[C@H]1c1nc2c(F)cccc2s1. The molecule has 0 radical (unpaired) electrons. The lowest BCUT2D eigenvalue weighted by atomic mass is 10.0. The van der Waals surface area contributed by atoms with E-state index in [0.717, 1.165) is 34.6 Å². The summed E-state index contributed by atoms with van der Waals surface area (Å²) in [4.78, 5) is 31.6. The van der Waals surface area contributed by atoms with Gasteiger partial charge in [-0.15, -0.1) is 11.3 Å². The topological polar surface area (TPSA) is 87.9 Å². The van der Waals surface area contributed by atoms with E-state index in [-0.39, 0.29) is 11.7 Å². The standard InChI is InChI=1S/C20H16FN5O2S/c21-11-2-1-3-13-15(11)25-19(29-13)17-16-12(22-8-23-16)6-7-26(17)20(27)18-14(10-4-5-10)24-9-28-18/h1-3,8-10,17H,4-7H2,(H,22,23)/t17-/m0/s1. The molecule has 1 fully saturated rings. The molecule has 29 heavy (non-hydrogen) atoms. The summed E-state index contributed by atoms with van der Waals surface area (Å²) in [6.07, 6.45) is 5.67. The van der Waals surface area contributed by atoms with Gasteiger partial charge in [0, 0.05) is 24.6 Å². The quantitative estimate of drug-likeness (QED) is 0.556. The number of nitrogens with one attached hydrogen (secondary N) is 1. The number of hydrogen-bond acceptors (Lipinski definition) is 6. The van der Waals surface area contributed by atoms with E-state index < -0.39 is 6.04 Å². The second-order valence-corrected chi connectivity index (χ2v) is 8.46. The normalized spacial score (nSPS) is 18.9. The van der Waals surface area contributed by atoms with Crippen LogP contribution in [0.5, 0.6) is 0 Å². The molecule has 9 heteroatoms. The fourth-order valence-electron chi connectivity index (χ4n) is 3.99. The summed E-state index contributed by atoms with van der Waals surface area (Å²) in [5, 5.41) is 0.638. The van der Waals surface area contributed by atoms with Crippen molar-refractivity contribution < 1.29 is 13.6 Å². The number of oxazole rings is 1. The van der Waals surface area contributed by atoms with Crippen LogP contribution < -0.4 is 0 Å². The predicted octanol–water partition coefficient (Wildman–Crippen LogP) is 3.81. The van der Waals surface area contributed by atoms with Crippen molar-refractivity contribution in [2.45, 2.75) is 31.2 Å². The van der Waals surface area contributed by atoms with E-state index in [9.17, 15) is 9.18 Å². The number of carbonyl (C=O) groups is 1. The number of amides is 1. The third-order valence-electron chi connectivity index (χ3n) is 5.56. The third kappa shape index (κ3) is 2.61. The Morgan fingerprint density at radius 3 is 3.00 bits per heavy atom. The maximum Gasteiger partial charge on any atom is 0.292 e. The summed E-state index contributed by atoms with van der Waals surface area (Å²) in [7, 11) is 0. The van der Waals surface area contributed by atoms with Crippen LogP contribution in [0, 0.1) is 5.82 Å². The second kappa shape index (κ2) is 6.21. The zero-order valence-electron chi connectivity index (χ0n) is 15.3. The molecule has 1 atom stereocenters. The Bertz CT molecular complexity index is 1240. The minimum Gasteiger partial charge on any atom is -0.438 e. The largest absolute Gasteiger partial charge is 0.438 e. The van der Waals surface area contributed by atoms with Crippen LogP contribution in [-0.2, 0) is 6.42 Å². The van der Waals surface area contributed by atoms with Gasteiger partial charge >= 0.3 is 0 Å². The summed E-state index contributed by atoms with van der Waals surface area (Å²) < 4.78 is 20.5. The number of imidazole rings is 1. The lowest BCUT2D eigenvalue weighted by Crippen LogP contribution is -2.41. The second-order valence-electron chi connectivity index (χ2n) is 7.40. The van der Waals surface area contributed by atoms with Crippen LogP contribution in [0.3, 0.4) is 0 Å². The maximum atomic E-state index is 14.2. The van der Waals surface area contributed by atoms with Crippen LogP contribution in [0.1, 0.15) is 57.4 Å². The van der Waals surface area contributed by atoms with Crippen LogP contribution in [0.2, 0.25) is 0 Å². The first-order valence-electron chi connectivity index (χ1n) is 9.52. The molecular formula is C20H16FN5O2S. The Labute approximate surface area is 168 Å². The fraction of sp³-hybridized carbons (Fsp3) is 0.300. The van der Waals surface area contributed by atoms with Gasteiger partial charge < -0.3 is 14.3 Å². The van der Waals surface area contributed by atoms with Crippen molar-refractivity contribution in [1.82, 2.24) is 24.8 Å². The molecule has 146 valence electrons. The number of hydrogen-bond donors (Lipinski definition) is 1. The van der Waals surface area contributed by atoms with Crippen LogP contribution in [0.4, 0.5) is 4.39 Å². The number of fused-ring (bicyclic) bond motifs is 2. The maximum absolute atomic E-state index is 14.2. The molecule has 7 nitrogen and oxygen atoms in total. The number of halogens is 1. The van der Waals surface area contributed by atoms with Crippen molar-refractivity contribution >= 4 is 27.5 Å². The summed E-state index contributed by atoms with van der Waals surface area (Å²) in [5.41, 5.74) is 2.77. The molecule has 3 aromatic heterocycles. The molecule has 1 aromatic carbocycles. The Morgan fingerprint density at radius 1 is 1.28 bits per heavy atom. The van der Waals surface area contributed by atoms with Gasteiger partial charge in [0.2, 0.25) is 5.76 Å². The first-order chi connectivity index (χ1) is 14.2. The molecule has 0 spiro atoms. The number of thiazole rings is 1. The van der Waals surface area contributed by atoms with Gasteiger partial charge in [-0.2, -0.15) is 0 Å². The number of nitrogens with zero attached hydrogens (tertiary/aromatic N) is 4.